The van der Waals surface area contributed by atoms with E-state index in [0.29, 0.717) is 0 Å². The van der Waals surface area contributed by atoms with E-state index in [1.165, 1.54) is 0 Å². The zero-order chi connectivity index (χ0) is 15.4. The fourth-order valence-corrected chi connectivity index (χ4v) is 2.27. The van der Waals surface area contributed by atoms with Gasteiger partial charge in [0.1, 0.15) is 0 Å². The Morgan fingerprint density at radius 1 is 0.600 bits per heavy atom. The Hall–Kier alpha value is 1.77. The third-order valence-corrected chi connectivity index (χ3v) is 3.66. The second-order valence-corrected chi connectivity index (χ2v) is 6.97. The van der Waals surface area contributed by atoms with E-state index in [4.69, 9.17) is 9.79 Å². The van der Waals surface area contributed by atoms with Gasteiger partial charge < -0.3 is 57.2 Å². The van der Waals surface area contributed by atoms with Gasteiger partial charge in [-0.1, -0.05) is 0 Å². The van der Waals surface area contributed by atoms with Gasteiger partial charge >= 0.3 is 46.8 Å². The summed E-state index contributed by atoms with van der Waals surface area (Å²) in [6.07, 6.45) is 0. The van der Waals surface area contributed by atoms with Crippen molar-refractivity contribution in [2.45, 2.75) is 0 Å². The molecule has 0 bridgehead atoms. The minimum absolute atomic E-state index is 0. The van der Waals surface area contributed by atoms with Crippen molar-refractivity contribution in [3.8, 4) is 0 Å². The maximum Gasteiger partial charge on any atom is 3.00 e. The molecule has 0 unspecified atom stereocenters. The molecule has 0 heterocycles. The van der Waals surface area contributed by atoms with Crippen LogP contribution in [0.15, 0.2) is 0 Å². The molecule has 0 aromatic carbocycles. The summed E-state index contributed by atoms with van der Waals surface area (Å²) in [6, 6.07) is 0. The third kappa shape index (κ3) is 36.7. The van der Waals surface area contributed by atoms with Crippen LogP contribution < -0.4 is 29.4 Å². The van der Waals surface area contributed by atoms with Gasteiger partial charge in [-0.25, -0.2) is 4.57 Å². The van der Waals surface area contributed by atoms with Crippen molar-refractivity contribution in [2.24, 2.45) is 0 Å². The van der Waals surface area contributed by atoms with Gasteiger partial charge in [0.05, 0.1) is 23.5 Å². The monoisotopic (exact) mass is 554 g/mol. The van der Waals surface area contributed by atoms with E-state index in [9.17, 15) is 47.6 Å². The van der Waals surface area contributed by atoms with Gasteiger partial charge in [0.2, 0.25) is 0 Å². The summed E-state index contributed by atoms with van der Waals surface area (Å²) >= 11 is 0. The molecule has 0 fully saturated rings. The number of phosphoric acid groups is 4. The number of hydrogen-bond donors (Lipinski definition) is 2. The summed E-state index contributed by atoms with van der Waals surface area (Å²) in [5.41, 5.74) is 0. The number of hydrogen-bond acceptors (Lipinski definition) is 12. The van der Waals surface area contributed by atoms with E-state index in [0.717, 1.165) is 0 Å². The van der Waals surface area contributed by atoms with Crippen molar-refractivity contribution in [1.29, 1.82) is 0 Å². The molecule has 0 spiro atoms. The van der Waals surface area contributed by atoms with Gasteiger partial charge in [0.25, 0.3) is 0 Å². The smallest absolute Gasteiger partial charge is 0.790 e. The van der Waals surface area contributed by atoms with E-state index in [-0.39, 0.29) is 39.0 Å². The Labute approximate surface area is 136 Å². The largest absolute Gasteiger partial charge is 3.00 e. The van der Waals surface area contributed by atoms with Crippen LogP contribution in [0.2, 0.25) is 0 Å². The first-order valence-electron chi connectivity index (χ1n) is 2.96. The third-order valence-electron chi connectivity index (χ3n) is 0.406. The Kier molecular flexibility index (Phi) is 15.6. The second-order valence-electron chi connectivity index (χ2n) is 2.00. The van der Waals surface area contributed by atoms with Crippen LogP contribution >= 0.6 is 31.3 Å². The number of rotatable bonds is 4. The molecule has 0 aromatic heterocycles. The van der Waals surface area contributed by atoms with Gasteiger partial charge in [0, 0.05) is 0 Å². The van der Waals surface area contributed by atoms with Crippen LogP contribution in [-0.4, -0.2) is 9.79 Å². The van der Waals surface area contributed by atoms with Crippen molar-refractivity contribution in [3.05, 3.63) is 0 Å². The molecule has 0 aliphatic heterocycles. The molecule has 0 rings (SSSR count). The molecule has 14 nitrogen and oxygen atoms in total. The van der Waals surface area contributed by atoms with Gasteiger partial charge in [0.15, 0.2) is 0 Å². The topological polar surface area (TPSA) is 266 Å². The Balaban J connectivity index is -0.000000116. The Bertz CT molecular complexity index is 346. The zero-order valence-corrected chi connectivity index (χ0v) is 15.3. The fourth-order valence-electron chi connectivity index (χ4n) is 0.253. The van der Waals surface area contributed by atoms with Crippen LogP contribution in [0, 0.1) is 0 Å². The SMILES string of the molecule is O=P([O-])([O-])OP(=O)(O)O.O=P([O-])([O-])OP(=O)([O-])[O-].[Ru+3].[Ru+3]. The average Bonchev–Trinajstić information content (AvgIpc) is 1.64. The van der Waals surface area contributed by atoms with Crippen molar-refractivity contribution < 1.29 is 105 Å². The summed E-state index contributed by atoms with van der Waals surface area (Å²) in [6.45, 7) is 0. The molecule has 0 aromatic rings. The van der Waals surface area contributed by atoms with Crippen molar-refractivity contribution >= 4 is 31.3 Å². The molecule has 0 aliphatic rings. The molecular weight excluding hydrogens is 550 g/mol. The van der Waals surface area contributed by atoms with Gasteiger partial charge in [-0.2, -0.15) is 0 Å². The predicted octanol–water partition coefficient (Wildman–Crippen LogP) is -5.42. The fraction of sp³-hybridized carbons (Fsp3) is 0. The molecule has 0 saturated carbocycles. The standard InChI is InChI=1S/2H4O7P2.2Ru/c2*1-8(2,3)7-9(4,5)6;;/h2*(H2,1,2,3)(H2,4,5,6);;/q;;2*+3/p-6. The zero-order valence-electron chi connectivity index (χ0n) is 8.29. The van der Waals surface area contributed by atoms with Gasteiger partial charge in [-0.15, -0.1) is 0 Å². The maximum atomic E-state index is 9.55. The average molecular weight is 552 g/mol. The minimum Gasteiger partial charge on any atom is -0.790 e. The molecule has 0 saturated heterocycles. The summed E-state index contributed by atoms with van der Waals surface area (Å²) in [4.78, 5) is 71.4. The van der Waals surface area contributed by atoms with Crippen molar-refractivity contribution in [1.82, 2.24) is 0 Å². The minimum atomic E-state index is -5.68. The maximum absolute atomic E-state index is 9.55. The molecule has 0 atom stereocenters. The van der Waals surface area contributed by atoms with Crippen molar-refractivity contribution in [2.75, 3.05) is 0 Å². The molecular formula is H2O14P4Ru2. The quantitative estimate of drug-likeness (QED) is 0.244. The summed E-state index contributed by atoms with van der Waals surface area (Å²) in [5, 5.41) is 0. The molecule has 20 heteroatoms. The molecule has 122 valence electrons. The van der Waals surface area contributed by atoms with E-state index in [2.05, 4.69) is 8.62 Å². The molecule has 0 amide bonds. The van der Waals surface area contributed by atoms with Crippen LogP contribution in [0.25, 0.3) is 0 Å². The molecule has 2 N–H and O–H groups in total. The first kappa shape index (κ1) is 29.7. The normalized spacial score (nSPS) is 12.4. The van der Waals surface area contributed by atoms with E-state index in [1.54, 1.807) is 0 Å². The van der Waals surface area contributed by atoms with E-state index in [1.807, 2.05) is 0 Å². The van der Waals surface area contributed by atoms with Crippen molar-refractivity contribution in [3.63, 3.8) is 0 Å². The van der Waals surface area contributed by atoms with Crippen LogP contribution in [0.3, 0.4) is 0 Å². The van der Waals surface area contributed by atoms with Crippen LogP contribution in [0.5, 0.6) is 0 Å². The van der Waals surface area contributed by atoms with Crippen LogP contribution in [-0.2, 0) is 65.8 Å². The van der Waals surface area contributed by atoms with E-state index < -0.39 is 31.3 Å². The van der Waals surface area contributed by atoms with Crippen LogP contribution in [0.4, 0.5) is 0 Å². The summed E-state index contributed by atoms with van der Waals surface area (Å²) < 4.78 is 42.9. The first-order chi connectivity index (χ1) is 7.41. The van der Waals surface area contributed by atoms with E-state index >= 15 is 0 Å². The summed E-state index contributed by atoms with van der Waals surface area (Å²) in [7, 11) is -22.1. The molecule has 2 radical (unpaired) electrons. The Morgan fingerprint density at radius 2 is 0.800 bits per heavy atom. The predicted molar refractivity (Wildman–Crippen MR) is 37.0 cm³/mol. The van der Waals surface area contributed by atoms with Gasteiger partial charge in [-0.3, -0.25) is 4.31 Å². The van der Waals surface area contributed by atoms with Crippen LogP contribution in [0.1, 0.15) is 0 Å². The summed E-state index contributed by atoms with van der Waals surface area (Å²) in [5.74, 6) is 0. The van der Waals surface area contributed by atoms with Gasteiger partial charge in [-0.05, 0) is 0 Å². The molecule has 20 heavy (non-hydrogen) atoms. The second kappa shape index (κ2) is 10.5. The first-order valence-corrected chi connectivity index (χ1v) is 8.87. The molecule has 0 aliphatic carbocycles. The Morgan fingerprint density at radius 3 is 0.800 bits per heavy atom.